The maximum absolute atomic E-state index is 14.1. The van der Waals surface area contributed by atoms with Crippen molar-refractivity contribution < 1.29 is 9.07 Å². The van der Waals surface area contributed by atoms with Gasteiger partial charge in [-0.2, -0.15) is 4.39 Å². The summed E-state index contributed by atoms with van der Waals surface area (Å²) in [6, 6.07) is 13.9. The highest BCUT2D eigenvalue weighted by Crippen LogP contribution is 2.21. The van der Waals surface area contributed by atoms with Crippen LogP contribution in [0.5, 0.6) is 0 Å². The second kappa shape index (κ2) is 6.00. The van der Waals surface area contributed by atoms with Crippen LogP contribution in [-0.4, -0.2) is 15.1 Å². The molecule has 0 aliphatic rings. The van der Waals surface area contributed by atoms with Gasteiger partial charge in [-0.3, -0.25) is 4.98 Å². The largest absolute Gasteiger partial charge is 0.335 e. The van der Waals surface area contributed by atoms with Gasteiger partial charge in [0.2, 0.25) is 12.0 Å². The average molecular weight is 318 g/mol. The standard InChI is InChI=1S/C18H13FN5/c19-15-5-1-2-6-17(15)24-12-16-14(4-3-9-21-16)18(23-24)22-13-7-10-20-11-8-13/h1-12H,(H,20,22,23)/q+1. The lowest BCUT2D eigenvalue weighted by Gasteiger charge is -2.06. The summed E-state index contributed by atoms with van der Waals surface area (Å²) in [6.07, 6.45) is 6.79. The molecule has 0 unspecified atom stereocenters. The first kappa shape index (κ1) is 14.2. The molecule has 0 fully saturated rings. The van der Waals surface area contributed by atoms with Gasteiger partial charge in [0.1, 0.15) is 5.52 Å². The van der Waals surface area contributed by atoms with E-state index in [1.54, 1.807) is 43.0 Å². The molecule has 0 radical (unpaired) electrons. The normalized spacial score (nSPS) is 10.7. The van der Waals surface area contributed by atoms with Gasteiger partial charge in [-0.1, -0.05) is 12.1 Å². The SMILES string of the molecule is Fc1ccccc1-[n+]1cc2ncccc2c(Nc2ccncc2)n1. The van der Waals surface area contributed by atoms with Crippen LogP contribution in [0.15, 0.2) is 73.3 Å². The Labute approximate surface area is 137 Å². The molecule has 24 heavy (non-hydrogen) atoms. The molecule has 0 atom stereocenters. The van der Waals surface area contributed by atoms with E-state index in [1.807, 2.05) is 24.3 Å². The first-order valence-corrected chi connectivity index (χ1v) is 7.41. The molecule has 0 aliphatic carbocycles. The van der Waals surface area contributed by atoms with Crippen molar-refractivity contribution in [2.24, 2.45) is 0 Å². The lowest BCUT2D eigenvalue weighted by Crippen LogP contribution is -2.36. The molecule has 4 rings (SSSR count). The van der Waals surface area contributed by atoms with Gasteiger partial charge in [0.15, 0.2) is 5.82 Å². The third-order valence-electron chi connectivity index (χ3n) is 3.59. The number of benzene rings is 1. The Balaban J connectivity index is 1.90. The van der Waals surface area contributed by atoms with E-state index in [-0.39, 0.29) is 5.82 Å². The predicted molar refractivity (Wildman–Crippen MR) is 88.5 cm³/mol. The third kappa shape index (κ3) is 2.65. The molecule has 116 valence electrons. The highest BCUT2D eigenvalue weighted by Gasteiger charge is 2.18. The minimum Gasteiger partial charge on any atom is -0.335 e. The van der Waals surface area contributed by atoms with Crippen molar-refractivity contribution in [1.82, 2.24) is 15.1 Å². The van der Waals surface area contributed by atoms with Crippen molar-refractivity contribution in [3.63, 3.8) is 0 Å². The zero-order valence-corrected chi connectivity index (χ0v) is 12.6. The van der Waals surface area contributed by atoms with E-state index < -0.39 is 0 Å². The number of nitrogens with one attached hydrogen (secondary N) is 1. The smallest absolute Gasteiger partial charge is 0.273 e. The summed E-state index contributed by atoms with van der Waals surface area (Å²) in [5.41, 5.74) is 1.92. The molecule has 0 saturated carbocycles. The van der Waals surface area contributed by atoms with Crippen molar-refractivity contribution in [3.8, 4) is 5.69 Å². The summed E-state index contributed by atoms with van der Waals surface area (Å²) in [5.74, 6) is 0.246. The van der Waals surface area contributed by atoms with Crippen LogP contribution in [0, 0.1) is 5.82 Å². The van der Waals surface area contributed by atoms with Gasteiger partial charge >= 0.3 is 0 Å². The van der Waals surface area contributed by atoms with Crippen LogP contribution in [0.4, 0.5) is 15.9 Å². The highest BCUT2D eigenvalue weighted by molar-refractivity contribution is 5.89. The van der Waals surface area contributed by atoms with Crippen LogP contribution in [0.3, 0.4) is 0 Å². The second-order valence-corrected chi connectivity index (χ2v) is 5.17. The van der Waals surface area contributed by atoms with Crippen molar-refractivity contribution in [3.05, 3.63) is 79.1 Å². The Hall–Kier alpha value is -3.41. The Morgan fingerprint density at radius 1 is 0.917 bits per heavy atom. The number of hydrogen-bond donors (Lipinski definition) is 1. The molecule has 1 N–H and O–H groups in total. The predicted octanol–water partition coefficient (Wildman–Crippen LogP) is 3.18. The van der Waals surface area contributed by atoms with Crippen LogP contribution >= 0.6 is 0 Å². The maximum Gasteiger partial charge on any atom is 0.273 e. The number of nitrogens with zero attached hydrogens (tertiary/aromatic N) is 4. The van der Waals surface area contributed by atoms with E-state index in [1.165, 1.54) is 10.7 Å². The lowest BCUT2D eigenvalue weighted by molar-refractivity contribution is -0.658. The number of anilines is 2. The molecule has 3 heterocycles. The Bertz CT molecular complexity index is 1000. The molecular weight excluding hydrogens is 305 g/mol. The number of aromatic nitrogens is 4. The molecule has 0 amide bonds. The Kier molecular flexibility index (Phi) is 3.55. The second-order valence-electron chi connectivity index (χ2n) is 5.17. The molecular formula is C18H13FN5+. The fourth-order valence-corrected chi connectivity index (χ4v) is 2.45. The van der Waals surface area contributed by atoms with E-state index >= 15 is 0 Å². The molecule has 0 aliphatic heterocycles. The van der Waals surface area contributed by atoms with Gasteiger partial charge in [0.05, 0.1) is 5.39 Å². The molecule has 3 aromatic heterocycles. The van der Waals surface area contributed by atoms with Crippen LogP contribution in [0.2, 0.25) is 0 Å². The minimum absolute atomic E-state index is 0.347. The van der Waals surface area contributed by atoms with Gasteiger partial charge in [-0.25, -0.2) is 4.98 Å². The maximum atomic E-state index is 14.1. The van der Waals surface area contributed by atoms with Gasteiger partial charge in [-0.05, 0) is 35.0 Å². The molecule has 0 bridgehead atoms. The van der Waals surface area contributed by atoms with Gasteiger partial charge in [0, 0.05) is 35.4 Å². The van der Waals surface area contributed by atoms with E-state index in [0.717, 1.165) is 11.1 Å². The number of rotatable bonds is 3. The minimum atomic E-state index is -0.347. The quantitative estimate of drug-likeness (QED) is 0.590. The highest BCUT2D eigenvalue weighted by atomic mass is 19.1. The number of pyridine rings is 2. The Morgan fingerprint density at radius 3 is 2.58 bits per heavy atom. The molecule has 1 aromatic carbocycles. The van der Waals surface area contributed by atoms with Crippen molar-refractivity contribution >= 4 is 22.4 Å². The fraction of sp³-hybridized carbons (Fsp3) is 0. The van der Waals surface area contributed by atoms with Crippen molar-refractivity contribution in [2.45, 2.75) is 0 Å². The first-order valence-electron chi connectivity index (χ1n) is 7.41. The molecule has 0 saturated heterocycles. The summed E-state index contributed by atoms with van der Waals surface area (Å²) >= 11 is 0. The van der Waals surface area contributed by atoms with E-state index in [0.29, 0.717) is 17.0 Å². The summed E-state index contributed by atoms with van der Waals surface area (Å²) in [4.78, 5) is 8.36. The van der Waals surface area contributed by atoms with Gasteiger partial charge in [-0.15, -0.1) is 0 Å². The molecule has 5 nitrogen and oxygen atoms in total. The molecule has 6 heteroatoms. The summed E-state index contributed by atoms with van der Waals surface area (Å²) < 4.78 is 15.6. The number of halogens is 1. The first-order chi connectivity index (χ1) is 11.8. The fourth-order valence-electron chi connectivity index (χ4n) is 2.45. The summed E-state index contributed by atoms with van der Waals surface area (Å²) in [6.45, 7) is 0. The summed E-state index contributed by atoms with van der Waals surface area (Å²) in [7, 11) is 0. The monoisotopic (exact) mass is 318 g/mol. The van der Waals surface area contributed by atoms with Crippen molar-refractivity contribution in [2.75, 3.05) is 5.32 Å². The number of hydrogen-bond acceptors (Lipinski definition) is 4. The number of para-hydroxylation sites is 1. The van der Waals surface area contributed by atoms with E-state index in [9.17, 15) is 4.39 Å². The van der Waals surface area contributed by atoms with Gasteiger partial charge in [0.25, 0.3) is 5.69 Å². The Morgan fingerprint density at radius 2 is 1.75 bits per heavy atom. The number of fused-ring (bicyclic) bond motifs is 1. The van der Waals surface area contributed by atoms with E-state index in [4.69, 9.17) is 0 Å². The summed E-state index contributed by atoms with van der Waals surface area (Å²) in [5, 5.41) is 8.62. The third-order valence-corrected chi connectivity index (χ3v) is 3.59. The van der Waals surface area contributed by atoms with Crippen molar-refractivity contribution in [1.29, 1.82) is 0 Å². The van der Waals surface area contributed by atoms with Crippen LogP contribution < -0.4 is 10.00 Å². The zero-order valence-electron chi connectivity index (χ0n) is 12.6. The van der Waals surface area contributed by atoms with Crippen LogP contribution in [0.25, 0.3) is 16.6 Å². The topological polar surface area (TPSA) is 54.6 Å². The average Bonchev–Trinajstić information content (AvgIpc) is 2.63. The molecule has 0 spiro atoms. The lowest BCUT2D eigenvalue weighted by atomic mass is 10.2. The van der Waals surface area contributed by atoms with E-state index in [2.05, 4.69) is 20.4 Å². The van der Waals surface area contributed by atoms with Gasteiger partial charge < -0.3 is 5.32 Å². The molecule has 4 aromatic rings. The zero-order chi connectivity index (χ0) is 16.4. The van der Waals surface area contributed by atoms with Crippen LogP contribution in [-0.2, 0) is 0 Å². The van der Waals surface area contributed by atoms with Crippen LogP contribution in [0.1, 0.15) is 0 Å².